The number of hydrogen-bond donors (Lipinski definition) is 2. The van der Waals surface area contributed by atoms with Gasteiger partial charge in [0.2, 0.25) is 0 Å². The van der Waals surface area contributed by atoms with Gasteiger partial charge in [0.15, 0.2) is 0 Å². The molecule has 6 heteroatoms. The minimum atomic E-state index is -0.431. The van der Waals surface area contributed by atoms with E-state index in [2.05, 4.69) is 15.3 Å². The molecule has 0 saturated carbocycles. The standard InChI is InChI=1S/C12H12ClN3O2/c1-18-12(17)9-6-8(13)2-3-10(9)16-7-11-14-4-5-15-11/h2-6,16H,7H2,1H3,(H,14,15). The first-order valence-electron chi connectivity index (χ1n) is 5.30. The van der Waals surface area contributed by atoms with Gasteiger partial charge in [-0.15, -0.1) is 0 Å². The molecule has 18 heavy (non-hydrogen) atoms. The number of esters is 1. The number of hydrogen-bond acceptors (Lipinski definition) is 4. The van der Waals surface area contributed by atoms with E-state index in [0.717, 1.165) is 5.82 Å². The molecule has 0 aliphatic heterocycles. The van der Waals surface area contributed by atoms with Gasteiger partial charge in [0, 0.05) is 23.1 Å². The second-order valence-electron chi connectivity index (χ2n) is 3.57. The molecular weight excluding hydrogens is 254 g/mol. The number of aromatic amines is 1. The summed E-state index contributed by atoms with van der Waals surface area (Å²) >= 11 is 5.86. The molecule has 5 nitrogen and oxygen atoms in total. The maximum atomic E-state index is 11.6. The zero-order chi connectivity index (χ0) is 13.0. The maximum Gasteiger partial charge on any atom is 0.340 e. The van der Waals surface area contributed by atoms with E-state index in [0.29, 0.717) is 22.8 Å². The molecule has 94 valence electrons. The van der Waals surface area contributed by atoms with Crippen LogP contribution in [-0.4, -0.2) is 23.0 Å². The topological polar surface area (TPSA) is 67.0 Å². The molecule has 0 aliphatic rings. The SMILES string of the molecule is COC(=O)c1cc(Cl)ccc1NCc1ncc[nH]1. The zero-order valence-electron chi connectivity index (χ0n) is 9.74. The second-order valence-corrected chi connectivity index (χ2v) is 4.01. The number of anilines is 1. The predicted molar refractivity (Wildman–Crippen MR) is 68.7 cm³/mol. The molecule has 0 radical (unpaired) electrons. The lowest BCUT2D eigenvalue weighted by atomic mass is 10.2. The Morgan fingerprint density at radius 3 is 3.06 bits per heavy atom. The molecule has 2 rings (SSSR count). The van der Waals surface area contributed by atoms with Crippen molar-refractivity contribution in [2.45, 2.75) is 6.54 Å². The third kappa shape index (κ3) is 2.81. The average molecular weight is 266 g/mol. The van der Waals surface area contributed by atoms with E-state index in [1.807, 2.05) is 0 Å². The third-order valence-electron chi connectivity index (χ3n) is 2.39. The molecule has 0 saturated heterocycles. The monoisotopic (exact) mass is 265 g/mol. The predicted octanol–water partition coefficient (Wildman–Crippen LogP) is 2.46. The largest absolute Gasteiger partial charge is 0.465 e. The van der Waals surface area contributed by atoms with Crippen LogP contribution in [0, 0.1) is 0 Å². The number of ether oxygens (including phenoxy) is 1. The van der Waals surface area contributed by atoms with Crippen molar-refractivity contribution in [1.82, 2.24) is 9.97 Å². The van der Waals surface area contributed by atoms with Gasteiger partial charge in [-0.1, -0.05) is 11.6 Å². The fourth-order valence-corrected chi connectivity index (χ4v) is 1.70. The highest BCUT2D eigenvalue weighted by molar-refractivity contribution is 6.31. The van der Waals surface area contributed by atoms with E-state index in [-0.39, 0.29) is 0 Å². The van der Waals surface area contributed by atoms with Gasteiger partial charge >= 0.3 is 5.97 Å². The van der Waals surface area contributed by atoms with Crippen molar-refractivity contribution in [2.24, 2.45) is 0 Å². The van der Waals surface area contributed by atoms with Crippen LogP contribution in [0.4, 0.5) is 5.69 Å². The lowest BCUT2D eigenvalue weighted by Crippen LogP contribution is -2.09. The molecule has 1 heterocycles. The number of halogens is 1. The molecule has 1 aromatic heterocycles. The fraction of sp³-hybridized carbons (Fsp3) is 0.167. The maximum absolute atomic E-state index is 11.6. The number of rotatable bonds is 4. The van der Waals surface area contributed by atoms with Crippen LogP contribution in [0.25, 0.3) is 0 Å². The van der Waals surface area contributed by atoms with Crippen molar-refractivity contribution in [3.63, 3.8) is 0 Å². The minimum absolute atomic E-state index is 0.400. The van der Waals surface area contributed by atoms with Crippen molar-refractivity contribution in [2.75, 3.05) is 12.4 Å². The van der Waals surface area contributed by atoms with Gasteiger partial charge in [-0.3, -0.25) is 0 Å². The summed E-state index contributed by atoms with van der Waals surface area (Å²) < 4.78 is 4.71. The van der Waals surface area contributed by atoms with Crippen molar-refractivity contribution in [1.29, 1.82) is 0 Å². The summed E-state index contributed by atoms with van der Waals surface area (Å²) in [5, 5.41) is 3.59. The molecule has 2 aromatic rings. The molecule has 0 fully saturated rings. The van der Waals surface area contributed by atoms with E-state index >= 15 is 0 Å². The highest BCUT2D eigenvalue weighted by Crippen LogP contribution is 2.21. The molecule has 0 amide bonds. The highest BCUT2D eigenvalue weighted by atomic mass is 35.5. The Kier molecular flexibility index (Phi) is 3.84. The van der Waals surface area contributed by atoms with E-state index in [1.165, 1.54) is 7.11 Å². The number of carbonyl (C=O) groups is 1. The highest BCUT2D eigenvalue weighted by Gasteiger charge is 2.12. The number of nitrogens with one attached hydrogen (secondary N) is 2. The number of imidazole rings is 1. The first-order chi connectivity index (χ1) is 8.70. The summed E-state index contributed by atoms with van der Waals surface area (Å²) in [4.78, 5) is 18.7. The summed E-state index contributed by atoms with van der Waals surface area (Å²) in [5.41, 5.74) is 1.05. The number of benzene rings is 1. The van der Waals surface area contributed by atoms with Crippen LogP contribution in [0.1, 0.15) is 16.2 Å². The quantitative estimate of drug-likeness (QED) is 0.834. The van der Waals surface area contributed by atoms with Gasteiger partial charge in [0.1, 0.15) is 5.82 Å². The lowest BCUT2D eigenvalue weighted by Gasteiger charge is -2.10. The van der Waals surface area contributed by atoms with Crippen LogP contribution in [-0.2, 0) is 11.3 Å². The molecule has 0 aliphatic carbocycles. The third-order valence-corrected chi connectivity index (χ3v) is 2.62. The van der Waals surface area contributed by atoms with Gasteiger partial charge in [0.05, 0.1) is 19.2 Å². The summed E-state index contributed by atoms with van der Waals surface area (Å²) in [6, 6.07) is 5.01. The Bertz CT molecular complexity index is 540. The minimum Gasteiger partial charge on any atom is -0.465 e. The zero-order valence-corrected chi connectivity index (χ0v) is 10.5. The molecule has 1 aromatic carbocycles. The summed E-state index contributed by atoms with van der Waals surface area (Å²) in [6.45, 7) is 0.485. The Hall–Kier alpha value is -2.01. The van der Waals surface area contributed by atoms with Crippen LogP contribution in [0.15, 0.2) is 30.6 Å². The molecular formula is C12H12ClN3O2. The van der Waals surface area contributed by atoms with Gasteiger partial charge in [-0.25, -0.2) is 9.78 Å². The number of H-pyrrole nitrogens is 1. The smallest absolute Gasteiger partial charge is 0.340 e. The lowest BCUT2D eigenvalue weighted by molar-refractivity contribution is 0.0602. The summed E-state index contributed by atoms with van der Waals surface area (Å²) in [7, 11) is 1.33. The van der Waals surface area contributed by atoms with Crippen LogP contribution < -0.4 is 5.32 Å². The van der Waals surface area contributed by atoms with Crippen LogP contribution >= 0.6 is 11.6 Å². The first kappa shape index (κ1) is 12.4. The Morgan fingerprint density at radius 1 is 1.56 bits per heavy atom. The Balaban J connectivity index is 2.18. The van der Waals surface area contributed by atoms with Crippen molar-refractivity contribution in [3.8, 4) is 0 Å². The molecule has 0 atom stereocenters. The van der Waals surface area contributed by atoms with Crippen LogP contribution in [0.5, 0.6) is 0 Å². The molecule has 2 N–H and O–H groups in total. The first-order valence-corrected chi connectivity index (χ1v) is 5.68. The normalized spacial score (nSPS) is 10.1. The number of carbonyl (C=O) groups excluding carboxylic acids is 1. The van der Waals surface area contributed by atoms with Crippen molar-refractivity contribution >= 4 is 23.3 Å². The van der Waals surface area contributed by atoms with Crippen molar-refractivity contribution < 1.29 is 9.53 Å². The van der Waals surface area contributed by atoms with E-state index in [1.54, 1.807) is 30.6 Å². The summed E-state index contributed by atoms with van der Waals surface area (Å²) in [5.74, 6) is 0.347. The number of aromatic nitrogens is 2. The van der Waals surface area contributed by atoms with E-state index in [9.17, 15) is 4.79 Å². The van der Waals surface area contributed by atoms with Gasteiger partial charge in [0.25, 0.3) is 0 Å². The second kappa shape index (κ2) is 5.55. The van der Waals surface area contributed by atoms with Crippen LogP contribution in [0.2, 0.25) is 5.02 Å². The molecule has 0 unspecified atom stereocenters. The van der Waals surface area contributed by atoms with Crippen LogP contribution in [0.3, 0.4) is 0 Å². The molecule has 0 spiro atoms. The average Bonchev–Trinajstić information content (AvgIpc) is 2.89. The Morgan fingerprint density at radius 2 is 2.39 bits per heavy atom. The van der Waals surface area contributed by atoms with Gasteiger partial charge < -0.3 is 15.0 Å². The van der Waals surface area contributed by atoms with Gasteiger partial charge in [-0.05, 0) is 18.2 Å². The van der Waals surface area contributed by atoms with Gasteiger partial charge in [-0.2, -0.15) is 0 Å². The summed E-state index contributed by atoms with van der Waals surface area (Å²) in [6.07, 6.45) is 3.40. The van der Waals surface area contributed by atoms with E-state index < -0.39 is 5.97 Å². The molecule has 0 bridgehead atoms. The van der Waals surface area contributed by atoms with Crippen molar-refractivity contribution in [3.05, 3.63) is 47.0 Å². The Labute approximate surface area is 109 Å². The number of nitrogens with zero attached hydrogens (tertiary/aromatic N) is 1. The number of methoxy groups -OCH3 is 1. The fourth-order valence-electron chi connectivity index (χ4n) is 1.52. The van der Waals surface area contributed by atoms with E-state index in [4.69, 9.17) is 16.3 Å².